The number of rotatable bonds is 6. The van der Waals surface area contributed by atoms with Crippen LogP contribution in [0.4, 0.5) is 5.13 Å². The van der Waals surface area contributed by atoms with Crippen molar-refractivity contribution in [1.82, 2.24) is 9.88 Å². The van der Waals surface area contributed by atoms with Crippen molar-refractivity contribution in [3.63, 3.8) is 0 Å². The molecule has 2 aromatic carbocycles. The van der Waals surface area contributed by atoms with Crippen LogP contribution in [0.3, 0.4) is 0 Å². The smallest absolute Gasteiger partial charge is 0.233 e. The number of likely N-dealkylation sites (N-methyl/N-ethyl adjacent to an activating group) is 1. The summed E-state index contributed by atoms with van der Waals surface area (Å²) in [7, 11) is 4.00. The standard InChI is InChI=1S/C20H22ClN3OS.ClH/c1-14-5-4-6-15(11-14)12-19(25)24(10-9-23(2)3)20-22-17-8-7-16(21)13-18(17)26-20;/h4-8,11,13H,9-10,12H2,1-3H3;1H. The van der Waals surface area contributed by atoms with Crippen LogP contribution in [-0.4, -0.2) is 43.0 Å². The van der Waals surface area contributed by atoms with Gasteiger partial charge in [0.05, 0.1) is 16.6 Å². The topological polar surface area (TPSA) is 36.4 Å². The van der Waals surface area contributed by atoms with E-state index in [0.29, 0.717) is 18.0 Å². The number of carbonyl (C=O) groups excluding carboxylic acids is 1. The summed E-state index contributed by atoms with van der Waals surface area (Å²) in [5, 5.41) is 1.40. The molecule has 4 nitrogen and oxygen atoms in total. The molecular weight excluding hydrogens is 401 g/mol. The Bertz CT molecular complexity index is 926. The largest absolute Gasteiger partial charge is 0.308 e. The van der Waals surface area contributed by atoms with Crippen LogP contribution in [0.25, 0.3) is 10.2 Å². The molecule has 0 aliphatic carbocycles. The summed E-state index contributed by atoms with van der Waals surface area (Å²) in [4.78, 5) is 21.5. The van der Waals surface area contributed by atoms with Crippen molar-refractivity contribution in [2.75, 3.05) is 32.1 Å². The molecule has 144 valence electrons. The summed E-state index contributed by atoms with van der Waals surface area (Å²) in [5.41, 5.74) is 3.05. The molecule has 0 atom stereocenters. The lowest BCUT2D eigenvalue weighted by atomic mass is 10.1. The number of hydrogen-bond donors (Lipinski definition) is 0. The number of aromatic nitrogens is 1. The van der Waals surface area contributed by atoms with Crippen LogP contribution >= 0.6 is 35.3 Å². The van der Waals surface area contributed by atoms with Crippen LogP contribution < -0.4 is 4.90 Å². The SMILES string of the molecule is Cc1cccc(CC(=O)N(CCN(C)C)c2nc3ccc(Cl)cc3s2)c1.Cl. The van der Waals surface area contributed by atoms with Gasteiger partial charge in [-0.25, -0.2) is 4.98 Å². The summed E-state index contributed by atoms with van der Waals surface area (Å²) in [6.07, 6.45) is 0.367. The maximum Gasteiger partial charge on any atom is 0.233 e. The highest BCUT2D eigenvalue weighted by molar-refractivity contribution is 7.22. The van der Waals surface area contributed by atoms with Gasteiger partial charge in [0, 0.05) is 18.1 Å². The fourth-order valence-electron chi connectivity index (χ4n) is 2.72. The zero-order valence-electron chi connectivity index (χ0n) is 15.6. The van der Waals surface area contributed by atoms with Gasteiger partial charge in [0.25, 0.3) is 0 Å². The molecule has 0 aliphatic rings. The van der Waals surface area contributed by atoms with Gasteiger partial charge >= 0.3 is 0 Å². The van der Waals surface area contributed by atoms with Gasteiger partial charge in [-0.2, -0.15) is 0 Å². The third kappa shape index (κ3) is 5.66. The number of aryl methyl sites for hydroxylation is 1. The lowest BCUT2D eigenvalue weighted by molar-refractivity contribution is -0.118. The van der Waals surface area contributed by atoms with E-state index in [-0.39, 0.29) is 18.3 Å². The number of carbonyl (C=O) groups is 1. The van der Waals surface area contributed by atoms with Crippen molar-refractivity contribution < 1.29 is 4.79 Å². The van der Waals surface area contributed by atoms with E-state index in [1.807, 2.05) is 57.4 Å². The van der Waals surface area contributed by atoms with Gasteiger partial charge in [0.2, 0.25) is 5.91 Å². The van der Waals surface area contributed by atoms with E-state index < -0.39 is 0 Å². The fraction of sp³-hybridized carbons (Fsp3) is 0.300. The van der Waals surface area contributed by atoms with Crippen molar-refractivity contribution in [3.8, 4) is 0 Å². The Kier molecular flexibility index (Phi) is 7.62. The van der Waals surface area contributed by atoms with Gasteiger partial charge in [-0.15, -0.1) is 12.4 Å². The third-order valence-corrected chi connectivity index (χ3v) is 5.36. The maximum absolute atomic E-state index is 13.0. The number of thiazole rings is 1. The summed E-state index contributed by atoms with van der Waals surface area (Å²) in [6.45, 7) is 3.41. The monoisotopic (exact) mass is 423 g/mol. The van der Waals surface area contributed by atoms with E-state index in [1.54, 1.807) is 4.90 Å². The van der Waals surface area contributed by atoms with Gasteiger partial charge in [-0.3, -0.25) is 9.69 Å². The maximum atomic E-state index is 13.0. The highest BCUT2D eigenvalue weighted by Crippen LogP contribution is 2.31. The zero-order chi connectivity index (χ0) is 18.7. The van der Waals surface area contributed by atoms with E-state index in [9.17, 15) is 4.79 Å². The molecule has 3 aromatic rings. The lowest BCUT2D eigenvalue weighted by Gasteiger charge is -2.22. The molecule has 0 aliphatic heterocycles. The number of nitrogens with zero attached hydrogens (tertiary/aromatic N) is 3. The first-order valence-corrected chi connectivity index (χ1v) is 9.68. The van der Waals surface area contributed by atoms with Crippen LogP contribution in [0.2, 0.25) is 5.02 Å². The molecule has 7 heteroatoms. The number of hydrogen-bond acceptors (Lipinski definition) is 4. The van der Waals surface area contributed by atoms with Crippen molar-refractivity contribution in [3.05, 3.63) is 58.6 Å². The summed E-state index contributed by atoms with van der Waals surface area (Å²) in [6, 6.07) is 13.7. The van der Waals surface area contributed by atoms with Crippen LogP contribution in [-0.2, 0) is 11.2 Å². The van der Waals surface area contributed by atoms with Crippen LogP contribution in [0.1, 0.15) is 11.1 Å². The average molecular weight is 424 g/mol. The second-order valence-corrected chi connectivity index (χ2v) is 8.07. The number of benzene rings is 2. The number of amides is 1. The van der Waals surface area contributed by atoms with Gasteiger partial charge in [0.15, 0.2) is 5.13 Å². The van der Waals surface area contributed by atoms with Gasteiger partial charge < -0.3 is 4.90 Å². The highest BCUT2D eigenvalue weighted by atomic mass is 35.5. The second kappa shape index (κ2) is 9.51. The van der Waals surface area contributed by atoms with Crippen molar-refractivity contribution >= 4 is 56.6 Å². The molecule has 1 aromatic heterocycles. The Labute approximate surface area is 175 Å². The van der Waals surface area contributed by atoms with Crippen molar-refractivity contribution in [1.29, 1.82) is 0 Å². The van der Waals surface area contributed by atoms with E-state index >= 15 is 0 Å². The summed E-state index contributed by atoms with van der Waals surface area (Å²) >= 11 is 7.59. The quantitative estimate of drug-likeness (QED) is 0.570. The highest BCUT2D eigenvalue weighted by Gasteiger charge is 2.20. The molecule has 0 spiro atoms. The predicted molar refractivity (Wildman–Crippen MR) is 118 cm³/mol. The molecule has 0 saturated heterocycles. The molecule has 27 heavy (non-hydrogen) atoms. The summed E-state index contributed by atoms with van der Waals surface area (Å²) < 4.78 is 0.991. The Balaban J connectivity index is 0.00000261. The van der Waals surface area contributed by atoms with E-state index in [0.717, 1.165) is 33.0 Å². The van der Waals surface area contributed by atoms with E-state index in [2.05, 4.69) is 16.0 Å². The van der Waals surface area contributed by atoms with Gasteiger partial charge in [0.1, 0.15) is 0 Å². The average Bonchev–Trinajstić information content (AvgIpc) is 2.97. The molecule has 0 radical (unpaired) electrons. The minimum Gasteiger partial charge on any atom is -0.308 e. The Morgan fingerprint density at radius 3 is 2.63 bits per heavy atom. The fourth-order valence-corrected chi connectivity index (χ4v) is 4.01. The minimum atomic E-state index is 0. The van der Waals surface area contributed by atoms with Gasteiger partial charge in [-0.1, -0.05) is 52.8 Å². The number of fused-ring (bicyclic) bond motifs is 1. The lowest BCUT2D eigenvalue weighted by Crippen LogP contribution is -2.37. The van der Waals surface area contributed by atoms with Crippen molar-refractivity contribution in [2.45, 2.75) is 13.3 Å². The van der Waals surface area contributed by atoms with Crippen molar-refractivity contribution in [2.24, 2.45) is 0 Å². The Morgan fingerprint density at radius 1 is 1.15 bits per heavy atom. The molecule has 0 bridgehead atoms. The third-order valence-electron chi connectivity index (χ3n) is 4.08. The minimum absolute atomic E-state index is 0. The first kappa shape index (κ1) is 21.6. The van der Waals surface area contributed by atoms with Gasteiger partial charge in [-0.05, 0) is 44.8 Å². The van der Waals surface area contributed by atoms with Crippen LogP contribution in [0.5, 0.6) is 0 Å². The predicted octanol–water partition coefficient (Wildman–Crippen LogP) is 4.82. The first-order chi connectivity index (χ1) is 12.4. The molecule has 0 fully saturated rings. The molecular formula is C20H23Cl2N3OS. The molecule has 3 rings (SSSR count). The molecule has 1 heterocycles. The summed E-state index contributed by atoms with van der Waals surface area (Å²) in [5.74, 6) is 0.0580. The first-order valence-electron chi connectivity index (χ1n) is 8.49. The zero-order valence-corrected chi connectivity index (χ0v) is 18.0. The number of anilines is 1. The molecule has 0 N–H and O–H groups in total. The van der Waals surface area contributed by atoms with E-state index in [1.165, 1.54) is 11.3 Å². The number of halogens is 2. The Hall–Kier alpha value is -1.66. The molecule has 1 amide bonds. The normalized spacial score (nSPS) is 10.9. The molecule has 0 saturated carbocycles. The van der Waals surface area contributed by atoms with Crippen LogP contribution in [0.15, 0.2) is 42.5 Å². The molecule has 0 unspecified atom stereocenters. The van der Waals surface area contributed by atoms with E-state index in [4.69, 9.17) is 11.6 Å². The Morgan fingerprint density at radius 2 is 1.93 bits per heavy atom. The second-order valence-electron chi connectivity index (χ2n) is 6.62. The van der Waals surface area contributed by atoms with Crippen LogP contribution in [0, 0.1) is 6.92 Å².